The van der Waals surface area contributed by atoms with Crippen LogP contribution in [0.3, 0.4) is 0 Å². The fourth-order valence-electron chi connectivity index (χ4n) is 9.64. The van der Waals surface area contributed by atoms with Gasteiger partial charge in [0.05, 0.1) is 28.3 Å². The number of alkyl halides is 9. The second-order valence-electron chi connectivity index (χ2n) is 18.0. The Morgan fingerprint density at radius 3 is 2.28 bits per heavy atom. The Hall–Kier alpha value is -5.47. The average molecular weight is 961 g/mol. The van der Waals surface area contributed by atoms with Gasteiger partial charge in [0.15, 0.2) is 12.6 Å². The predicted molar refractivity (Wildman–Crippen MR) is 217 cm³/mol. The molecule has 4 aliphatic rings. The standard InChI is InChI=1S/C44H43F11N6O6/c1-6-27-29(45)10-8-23-16-25(65-22-63-5)17-28(31(23)27)34-33(46)35-32-30(56-34)11-9-24-19-59(38(62)67-39(2,3)4)14-15-61(24)36(32)58-37(57-35)64-21-40-12-7-13-60(40)20-26(18-40)66-41(42(47,48)49,43(50,51)52)44(53,54)55/h1,8,10,16-17,24,26H,7,9,11-15,18-22H2,2-5H3/t24-,26?,40?/m1/s1. The van der Waals surface area contributed by atoms with Crippen LogP contribution in [0.2, 0.25) is 0 Å². The number of amides is 1. The number of halogens is 11. The zero-order valence-corrected chi connectivity index (χ0v) is 36.3. The molecule has 12 nitrogen and oxygen atoms in total. The molecule has 67 heavy (non-hydrogen) atoms. The van der Waals surface area contributed by atoms with E-state index >= 15 is 8.78 Å². The molecule has 0 radical (unpaired) electrons. The summed E-state index contributed by atoms with van der Waals surface area (Å²) >= 11 is 0. The molecule has 8 rings (SSSR count). The van der Waals surface area contributed by atoms with Crippen molar-refractivity contribution in [2.24, 2.45) is 0 Å². The van der Waals surface area contributed by atoms with Crippen molar-refractivity contribution in [3.63, 3.8) is 0 Å². The first kappa shape index (κ1) is 48.0. The molecule has 0 saturated carbocycles. The quantitative estimate of drug-likeness (QED) is 0.0912. The number of nitrogens with zero attached hydrogens (tertiary/aromatic N) is 6. The van der Waals surface area contributed by atoms with Gasteiger partial charge in [-0.15, -0.1) is 6.42 Å². The second kappa shape index (κ2) is 16.9. The number of hydrogen-bond acceptors (Lipinski definition) is 11. The number of hydrogen-bond donors (Lipinski definition) is 0. The van der Waals surface area contributed by atoms with Crippen molar-refractivity contribution in [1.82, 2.24) is 24.8 Å². The van der Waals surface area contributed by atoms with E-state index in [1.54, 1.807) is 26.8 Å². The molecule has 3 saturated heterocycles. The van der Waals surface area contributed by atoms with E-state index in [9.17, 15) is 44.3 Å². The molecule has 0 aliphatic carbocycles. The van der Waals surface area contributed by atoms with Gasteiger partial charge in [-0.2, -0.15) is 49.5 Å². The summed E-state index contributed by atoms with van der Waals surface area (Å²) in [6.45, 7) is 4.11. The molecular formula is C44H43F11N6O6. The van der Waals surface area contributed by atoms with E-state index in [1.165, 1.54) is 29.0 Å². The molecule has 6 heterocycles. The number of piperazine rings is 1. The van der Waals surface area contributed by atoms with Crippen molar-refractivity contribution >= 4 is 33.6 Å². The Kier molecular flexibility index (Phi) is 12.1. The maximum Gasteiger partial charge on any atom is 0.435 e. The third-order valence-corrected chi connectivity index (χ3v) is 12.5. The Morgan fingerprint density at radius 1 is 0.910 bits per heavy atom. The van der Waals surface area contributed by atoms with Gasteiger partial charge in [-0.3, -0.25) is 4.90 Å². The first-order valence-electron chi connectivity index (χ1n) is 21.1. The van der Waals surface area contributed by atoms with E-state index in [1.807, 2.05) is 4.90 Å². The summed E-state index contributed by atoms with van der Waals surface area (Å²) in [7, 11) is 1.38. The molecule has 4 aromatic rings. The average Bonchev–Trinajstić information content (AvgIpc) is 3.73. The van der Waals surface area contributed by atoms with Gasteiger partial charge in [0, 0.05) is 50.3 Å². The number of carbonyl (C=O) groups excluding carboxylic acids is 1. The SMILES string of the molecule is C#Cc1c(F)ccc2cc(OCOC)cc(-c3nc4c5c(nc(OCC67CCCN6CC(OC(C(F)(F)F)(C(F)(F)F)C(F)(F)F)C7)nc5c3F)N3CCN(C(=O)OC(C)(C)C)C[C@H]3CC4)c12. The topological polar surface area (TPSA) is 112 Å². The van der Waals surface area contributed by atoms with Gasteiger partial charge in [-0.1, -0.05) is 12.0 Å². The van der Waals surface area contributed by atoms with Crippen LogP contribution in [0, 0.1) is 24.0 Å². The number of methoxy groups -OCH3 is 1. The highest BCUT2D eigenvalue weighted by Gasteiger charge is 2.86. The lowest BCUT2D eigenvalue weighted by Gasteiger charge is -2.41. The summed E-state index contributed by atoms with van der Waals surface area (Å²) < 4.78 is 185. The third kappa shape index (κ3) is 8.46. The van der Waals surface area contributed by atoms with Crippen molar-refractivity contribution in [3.8, 4) is 35.4 Å². The Morgan fingerprint density at radius 2 is 1.63 bits per heavy atom. The number of anilines is 1. The van der Waals surface area contributed by atoms with Crippen molar-refractivity contribution in [1.29, 1.82) is 0 Å². The van der Waals surface area contributed by atoms with Crippen LogP contribution in [0.15, 0.2) is 24.3 Å². The number of ether oxygens (including phenoxy) is 5. The summed E-state index contributed by atoms with van der Waals surface area (Å²) in [5.41, 5.74) is -9.31. The molecule has 23 heteroatoms. The Balaban J connectivity index is 1.23. The molecule has 0 N–H and O–H groups in total. The molecule has 362 valence electrons. The van der Waals surface area contributed by atoms with E-state index in [0.717, 1.165) is 6.07 Å². The van der Waals surface area contributed by atoms with Crippen LogP contribution in [0.25, 0.3) is 32.9 Å². The number of terminal acetylenes is 1. The molecule has 2 aromatic heterocycles. The van der Waals surface area contributed by atoms with E-state index in [0.29, 0.717) is 23.9 Å². The van der Waals surface area contributed by atoms with Gasteiger partial charge in [-0.25, -0.2) is 18.6 Å². The molecule has 3 atom stereocenters. The molecule has 1 amide bonds. The van der Waals surface area contributed by atoms with Crippen LogP contribution in [-0.2, 0) is 20.6 Å². The minimum atomic E-state index is -6.92. The molecule has 0 spiro atoms. The number of fused-ring (bicyclic) bond motifs is 4. The maximum atomic E-state index is 17.6. The van der Waals surface area contributed by atoms with Crippen LogP contribution >= 0.6 is 0 Å². The zero-order valence-electron chi connectivity index (χ0n) is 36.3. The van der Waals surface area contributed by atoms with Crippen molar-refractivity contribution in [2.75, 3.05) is 58.1 Å². The van der Waals surface area contributed by atoms with Gasteiger partial charge in [0.2, 0.25) is 0 Å². The largest absolute Gasteiger partial charge is 0.468 e. The van der Waals surface area contributed by atoms with Gasteiger partial charge in [0.25, 0.3) is 0 Å². The second-order valence-corrected chi connectivity index (χ2v) is 18.0. The van der Waals surface area contributed by atoms with E-state index in [2.05, 4.69) is 20.6 Å². The molecule has 2 aromatic carbocycles. The van der Waals surface area contributed by atoms with Crippen molar-refractivity contribution in [3.05, 3.63) is 47.2 Å². The molecule has 4 aliphatic heterocycles. The third-order valence-electron chi connectivity index (χ3n) is 12.5. The number of benzene rings is 2. The zero-order chi connectivity index (χ0) is 48.6. The normalized spacial score (nSPS) is 21.6. The van der Waals surface area contributed by atoms with Crippen LogP contribution in [0.1, 0.15) is 57.7 Å². The summed E-state index contributed by atoms with van der Waals surface area (Å²) in [6, 6.07) is 4.53. The molecule has 2 unspecified atom stereocenters. The lowest BCUT2D eigenvalue weighted by Crippen LogP contribution is -2.68. The lowest BCUT2D eigenvalue weighted by atomic mass is 9.93. The van der Waals surface area contributed by atoms with Crippen LogP contribution < -0.4 is 14.4 Å². The van der Waals surface area contributed by atoms with Crippen LogP contribution in [-0.4, -0.2) is 131 Å². The fraction of sp³-hybridized carbons (Fsp3) is 0.545. The first-order valence-corrected chi connectivity index (χ1v) is 21.1. The van der Waals surface area contributed by atoms with E-state index in [4.69, 9.17) is 30.4 Å². The van der Waals surface area contributed by atoms with E-state index < -0.39 is 90.7 Å². The summed E-state index contributed by atoms with van der Waals surface area (Å²) in [6.07, 6.45) is -17.6. The van der Waals surface area contributed by atoms with Crippen molar-refractivity contribution in [2.45, 2.75) is 100 Å². The summed E-state index contributed by atoms with van der Waals surface area (Å²) in [5, 5.41) is 0.618. The number of aryl methyl sites for hydroxylation is 1. The number of carbonyl (C=O) groups is 1. The van der Waals surface area contributed by atoms with Gasteiger partial charge in [0.1, 0.15) is 40.8 Å². The smallest absolute Gasteiger partial charge is 0.435 e. The monoisotopic (exact) mass is 960 g/mol. The van der Waals surface area contributed by atoms with Crippen molar-refractivity contribution < 1.29 is 76.8 Å². The van der Waals surface area contributed by atoms with Gasteiger partial charge >= 0.3 is 36.2 Å². The van der Waals surface area contributed by atoms with E-state index in [-0.39, 0.29) is 90.5 Å². The summed E-state index contributed by atoms with van der Waals surface area (Å²) in [5.74, 6) is 0.795. The van der Waals surface area contributed by atoms with Gasteiger partial charge in [-0.05, 0) is 83.0 Å². The van der Waals surface area contributed by atoms with Gasteiger partial charge < -0.3 is 33.5 Å². The first-order chi connectivity index (χ1) is 31.3. The lowest BCUT2D eigenvalue weighted by molar-refractivity contribution is -0.463. The van der Waals surface area contributed by atoms with Crippen LogP contribution in [0.4, 0.5) is 58.9 Å². The molecular weight excluding hydrogens is 917 g/mol. The highest BCUT2D eigenvalue weighted by molar-refractivity contribution is 6.03. The fourth-order valence-corrected chi connectivity index (χ4v) is 9.64. The number of aromatic nitrogens is 3. The maximum absolute atomic E-state index is 17.6. The molecule has 3 fully saturated rings. The highest BCUT2D eigenvalue weighted by Crippen LogP contribution is 2.57. The summed E-state index contributed by atoms with van der Waals surface area (Å²) in [4.78, 5) is 31.9. The minimum absolute atomic E-state index is 0.0116. The minimum Gasteiger partial charge on any atom is -0.468 e. The highest BCUT2D eigenvalue weighted by atomic mass is 19.4. The number of pyridine rings is 1. The Bertz CT molecular complexity index is 2600. The Labute approximate surface area is 375 Å². The predicted octanol–water partition coefficient (Wildman–Crippen LogP) is 8.89. The molecule has 0 bridgehead atoms. The number of rotatable bonds is 9. The van der Waals surface area contributed by atoms with Crippen LogP contribution in [0.5, 0.6) is 11.8 Å².